The maximum Gasteiger partial charge on any atom is 0.275 e. The van der Waals surface area contributed by atoms with Crippen LogP contribution in [0.3, 0.4) is 0 Å². The molecular weight excluding hydrogens is 466 g/mol. The second-order valence-corrected chi connectivity index (χ2v) is 9.28. The number of nitrogens with zero attached hydrogens (tertiary/aromatic N) is 3. The topological polar surface area (TPSA) is 84.4 Å². The van der Waals surface area contributed by atoms with Gasteiger partial charge in [0.1, 0.15) is 16.8 Å². The molecule has 8 nitrogen and oxygen atoms in total. The molecule has 37 heavy (non-hydrogen) atoms. The summed E-state index contributed by atoms with van der Waals surface area (Å²) >= 11 is 0. The van der Waals surface area contributed by atoms with Crippen LogP contribution < -0.4 is 15.6 Å². The van der Waals surface area contributed by atoms with Crippen LogP contribution in [0, 0.1) is 5.92 Å². The van der Waals surface area contributed by atoms with Gasteiger partial charge in [0.15, 0.2) is 0 Å². The van der Waals surface area contributed by atoms with Crippen molar-refractivity contribution >= 4 is 16.7 Å². The molecule has 2 saturated heterocycles. The van der Waals surface area contributed by atoms with Crippen molar-refractivity contribution in [3.63, 3.8) is 0 Å². The molecule has 0 amide bonds. The van der Waals surface area contributed by atoms with Crippen LogP contribution in [0.5, 0.6) is 5.75 Å². The van der Waals surface area contributed by atoms with E-state index in [1.54, 1.807) is 6.08 Å². The summed E-state index contributed by atoms with van der Waals surface area (Å²) < 4.78 is 12.9. The minimum atomic E-state index is -0.184. The number of H-pyrrole nitrogens is 1. The van der Waals surface area contributed by atoms with Gasteiger partial charge in [0.05, 0.1) is 26.1 Å². The van der Waals surface area contributed by atoms with Crippen molar-refractivity contribution in [1.82, 2.24) is 24.8 Å². The SMILES string of the molecule is C=C/C=C(\C=C/C)n1cc(-c2ccc(OCC3CCNC3)cc2)c2nc[nH]c(=O)c21.CN1CCOCC1. The Morgan fingerprint density at radius 3 is 2.68 bits per heavy atom. The Morgan fingerprint density at radius 2 is 2.05 bits per heavy atom. The highest BCUT2D eigenvalue weighted by atomic mass is 16.5. The standard InChI is InChI=1S/C24H26N4O2.C5H11NO/c1-3-5-19(6-4-2)28-14-21(22-23(28)24(29)27-16-26-22)18-7-9-20(10-8-18)30-15-17-11-12-25-13-17;1-6-2-4-7-5-3-6/h3-10,14,16-17,25H,1,11-13,15H2,2H3,(H,26,27,29);2-5H2,1H3/b6-4-,19-5+;. The molecule has 0 saturated carbocycles. The van der Waals surface area contributed by atoms with Crippen LogP contribution in [0.15, 0.2) is 72.5 Å². The highest BCUT2D eigenvalue weighted by Crippen LogP contribution is 2.31. The first-order valence-electron chi connectivity index (χ1n) is 12.9. The first kappa shape index (κ1) is 26.6. The number of aromatic amines is 1. The van der Waals surface area contributed by atoms with Crippen LogP contribution in [0.1, 0.15) is 13.3 Å². The maximum absolute atomic E-state index is 12.6. The van der Waals surface area contributed by atoms with E-state index in [1.165, 1.54) is 6.33 Å². The van der Waals surface area contributed by atoms with Crippen LogP contribution in [-0.2, 0) is 4.74 Å². The number of benzene rings is 1. The minimum absolute atomic E-state index is 0.184. The number of hydrogen-bond donors (Lipinski definition) is 2. The lowest BCUT2D eigenvalue weighted by atomic mass is 10.1. The van der Waals surface area contributed by atoms with E-state index in [0.717, 1.165) is 75.0 Å². The number of rotatable bonds is 7. The summed E-state index contributed by atoms with van der Waals surface area (Å²) in [5.74, 6) is 1.42. The molecule has 8 heteroatoms. The van der Waals surface area contributed by atoms with Gasteiger partial charge in [-0.2, -0.15) is 0 Å². The van der Waals surface area contributed by atoms with Crippen molar-refractivity contribution in [2.75, 3.05) is 53.0 Å². The fourth-order valence-electron chi connectivity index (χ4n) is 4.45. The van der Waals surface area contributed by atoms with Gasteiger partial charge >= 0.3 is 0 Å². The van der Waals surface area contributed by atoms with Gasteiger partial charge in [0, 0.05) is 43.0 Å². The van der Waals surface area contributed by atoms with E-state index in [9.17, 15) is 4.79 Å². The number of fused-ring (bicyclic) bond motifs is 1. The average molecular weight is 504 g/mol. The van der Waals surface area contributed by atoms with Crippen molar-refractivity contribution < 1.29 is 9.47 Å². The second-order valence-electron chi connectivity index (χ2n) is 9.28. The lowest BCUT2D eigenvalue weighted by Gasteiger charge is -2.21. The third-order valence-electron chi connectivity index (χ3n) is 6.54. The number of nitrogens with one attached hydrogen (secondary N) is 2. The predicted molar refractivity (Wildman–Crippen MR) is 150 cm³/mol. The quantitative estimate of drug-likeness (QED) is 0.476. The molecule has 1 aromatic carbocycles. The molecule has 2 aromatic heterocycles. The van der Waals surface area contributed by atoms with Gasteiger partial charge in [-0.05, 0) is 56.8 Å². The summed E-state index contributed by atoms with van der Waals surface area (Å²) in [5.41, 5.74) is 3.69. The highest BCUT2D eigenvalue weighted by Gasteiger charge is 2.17. The summed E-state index contributed by atoms with van der Waals surface area (Å²) in [6.07, 6.45) is 12.0. The molecular formula is C29H37N5O3. The molecule has 0 radical (unpaired) electrons. The van der Waals surface area contributed by atoms with E-state index >= 15 is 0 Å². The smallest absolute Gasteiger partial charge is 0.275 e. The van der Waals surface area contributed by atoms with E-state index in [0.29, 0.717) is 17.0 Å². The Balaban J connectivity index is 0.000000396. The van der Waals surface area contributed by atoms with Crippen LogP contribution >= 0.6 is 0 Å². The zero-order valence-corrected chi connectivity index (χ0v) is 21.8. The van der Waals surface area contributed by atoms with Gasteiger partial charge in [-0.3, -0.25) is 4.79 Å². The van der Waals surface area contributed by atoms with Crippen LogP contribution in [0.4, 0.5) is 0 Å². The van der Waals surface area contributed by atoms with Crippen LogP contribution in [0.2, 0.25) is 0 Å². The van der Waals surface area contributed by atoms with Crippen molar-refractivity contribution in [2.24, 2.45) is 5.92 Å². The highest BCUT2D eigenvalue weighted by molar-refractivity contribution is 5.95. The van der Waals surface area contributed by atoms with Gasteiger partial charge in [-0.25, -0.2) is 4.98 Å². The molecule has 2 aliphatic rings. The molecule has 1 atom stereocenters. The number of likely N-dealkylation sites (N-methyl/N-ethyl adjacent to an activating group) is 1. The van der Waals surface area contributed by atoms with Crippen molar-refractivity contribution in [1.29, 1.82) is 0 Å². The van der Waals surface area contributed by atoms with Crippen LogP contribution in [0.25, 0.3) is 27.9 Å². The van der Waals surface area contributed by atoms with E-state index < -0.39 is 0 Å². The molecule has 196 valence electrons. The largest absolute Gasteiger partial charge is 0.493 e. The molecule has 1 unspecified atom stereocenters. The third-order valence-corrected chi connectivity index (χ3v) is 6.54. The number of morpholine rings is 1. The Morgan fingerprint density at radius 1 is 1.27 bits per heavy atom. The summed E-state index contributed by atoms with van der Waals surface area (Å²) in [6.45, 7) is 12.6. The van der Waals surface area contributed by atoms with Gasteiger partial charge in [0.2, 0.25) is 0 Å². The zero-order chi connectivity index (χ0) is 26.0. The number of allylic oxidation sites excluding steroid dienone is 5. The molecule has 2 fully saturated rings. The van der Waals surface area contributed by atoms with Crippen LogP contribution in [-0.4, -0.2) is 72.5 Å². The van der Waals surface area contributed by atoms with E-state index in [1.807, 2.05) is 60.2 Å². The lowest BCUT2D eigenvalue weighted by molar-refractivity contribution is 0.0503. The Bertz CT molecular complexity index is 1280. The molecule has 5 rings (SSSR count). The lowest BCUT2D eigenvalue weighted by Crippen LogP contribution is -2.32. The minimum Gasteiger partial charge on any atom is -0.493 e. The van der Waals surface area contributed by atoms with Crippen molar-refractivity contribution in [3.8, 4) is 16.9 Å². The Labute approximate surface area is 218 Å². The first-order chi connectivity index (χ1) is 18.1. The molecule has 2 aliphatic heterocycles. The summed E-state index contributed by atoms with van der Waals surface area (Å²) in [6, 6.07) is 7.97. The number of hydrogen-bond acceptors (Lipinski definition) is 6. The molecule has 0 aliphatic carbocycles. The Hall–Kier alpha value is -3.46. The monoisotopic (exact) mass is 503 g/mol. The van der Waals surface area contributed by atoms with Gasteiger partial charge in [0.25, 0.3) is 5.56 Å². The average Bonchev–Trinajstić information content (AvgIpc) is 3.58. The van der Waals surface area contributed by atoms with Crippen molar-refractivity contribution in [3.05, 3.63) is 78.0 Å². The predicted octanol–water partition coefficient (Wildman–Crippen LogP) is 3.93. The fourth-order valence-corrected chi connectivity index (χ4v) is 4.45. The molecule has 3 aromatic rings. The Kier molecular flexibility index (Phi) is 9.48. The van der Waals surface area contributed by atoms with Gasteiger partial charge in [-0.15, -0.1) is 0 Å². The first-order valence-corrected chi connectivity index (χ1v) is 12.9. The summed E-state index contributed by atoms with van der Waals surface area (Å²) in [4.78, 5) is 22.0. The van der Waals surface area contributed by atoms with Gasteiger partial charge in [-0.1, -0.05) is 30.9 Å². The molecule has 0 bridgehead atoms. The fraction of sp³-hybridized carbons (Fsp3) is 0.379. The summed E-state index contributed by atoms with van der Waals surface area (Å²) in [5, 5.41) is 3.36. The number of ether oxygens (including phenoxy) is 2. The molecule has 4 heterocycles. The zero-order valence-electron chi connectivity index (χ0n) is 21.8. The second kappa shape index (κ2) is 13.2. The maximum atomic E-state index is 12.6. The normalized spacial score (nSPS) is 18.6. The van der Waals surface area contributed by atoms with E-state index in [4.69, 9.17) is 9.47 Å². The van der Waals surface area contributed by atoms with E-state index in [2.05, 4.69) is 33.8 Å². The molecule has 2 N–H and O–H groups in total. The van der Waals surface area contributed by atoms with Gasteiger partial charge < -0.3 is 29.2 Å². The molecule has 0 spiro atoms. The van der Waals surface area contributed by atoms with Crippen molar-refractivity contribution in [2.45, 2.75) is 13.3 Å². The van der Waals surface area contributed by atoms with E-state index in [-0.39, 0.29) is 5.56 Å². The summed E-state index contributed by atoms with van der Waals surface area (Å²) in [7, 11) is 2.11. The third kappa shape index (κ3) is 6.85. The number of aromatic nitrogens is 3.